The van der Waals surface area contributed by atoms with E-state index in [-0.39, 0.29) is 5.56 Å². The first-order valence-corrected chi connectivity index (χ1v) is 9.35. The predicted octanol–water partition coefficient (Wildman–Crippen LogP) is 3.79. The van der Waals surface area contributed by atoms with Gasteiger partial charge in [-0.05, 0) is 24.3 Å². The summed E-state index contributed by atoms with van der Waals surface area (Å²) in [5, 5.41) is 11.0. The Balaban J connectivity index is 1.50. The van der Waals surface area contributed by atoms with Crippen LogP contribution < -0.4 is 5.56 Å². The highest BCUT2D eigenvalue weighted by Crippen LogP contribution is 2.30. The van der Waals surface area contributed by atoms with Gasteiger partial charge in [0.05, 0.1) is 29.7 Å². The molecule has 0 spiro atoms. The van der Waals surface area contributed by atoms with Crippen LogP contribution in [0.15, 0.2) is 87.1 Å². The second kappa shape index (κ2) is 6.75. The van der Waals surface area contributed by atoms with Crippen LogP contribution in [0.25, 0.3) is 27.2 Å². The number of nitrogens with zero attached hydrogens (tertiary/aromatic N) is 5. The molecule has 0 radical (unpaired) electrons. The van der Waals surface area contributed by atoms with E-state index < -0.39 is 0 Å². The van der Waals surface area contributed by atoms with E-state index >= 15 is 0 Å². The summed E-state index contributed by atoms with van der Waals surface area (Å²) in [6.45, 7) is 0. The Morgan fingerprint density at radius 1 is 1.14 bits per heavy atom. The lowest BCUT2D eigenvalue weighted by Crippen LogP contribution is -2.16. The highest BCUT2D eigenvalue weighted by molar-refractivity contribution is 7.17. The minimum absolute atomic E-state index is 0.246. The lowest BCUT2D eigenvalue weighted by atomic mass is 10.2. The fraction of sp³-hybridized carbons (Fsp3) is 0. The summed E-state index contributed by atoms with van der Waals surface area (Å²) >= 11 is 1.40. The van der Waals surface area contributed by atoms with Crippen LogP contribution in [0.2, 0.25) is 0 Å². The summed E-state index contributed by atoms with van der Waals surface area (Å²) in [5.41, 5.74) is 2.20. The van der Waals surface area contributed by atoms with Gasteiger partial charge in [-0.25, -0.2) is 9.67 Å². The van der Waals surface area contributed by atoms with Crippen molar-refractivity contribution in [2.24, 2.45) is 5.10 Å². The molecule has 0 aliphatic heterocycles. The van der Waals surface area contributed by atoms with Crippen LogP contribution in [0.1, 0.15) is 5.56 Å². The zero-order valence-electron chi connectivity index (χ0n) is 14.5. The Morgan fingerprint density at radius 3 is 2.86 bits per heavy atom. The maximum absolute atomic E-state index is 12.9. The molecule has 5 aromatic rings. The summed E-state index contributed by atoms with van der Waals surface area (Å²) in [6.07, 6.45) is 8.11. The van der Waals surface area contributed by atoms with Gasteiger partial charge < -0.3 is 4.42 Å². The topological polar surface area (TPSA) is 78.2 Å². The third kappa shape index (κ3) is 2.85. The highest BCUT2D eigenvalue weighted by Gasteiger charge is 2.14. The zero-order valence-corrected chi connectivity index (χ0v) is 15.3. The third-order valence-corrected chi connectivity index (χ3v) is 5.11. The zero-order chi connectivity index (χ0) is 18.9. The molecule has 0 amide bonds. The predicted molar refractivity (Wildman–Crippen MR) is 108 cm³/mol. The molecule has 8 heteroatoms. The van der Waals surface area contributed by atoms with Crippen molar-refractivity contribution >= 4 is 27.8 Å². The van der Waals surface area contributed by atoms with Crippen molar-refractivity contribution < 1.29 is 4.42 Å². The fourth-order valence-corrected chi connectivity index (χ4v) is 3.76. The minimum Gasteiger partial charge on any atom is -0.464 e. The molecule has 0 atom stereocenters. The quantitative estimate of drug-likeness (QED) is 0.440. The Kier molecular flexibility index (Phi) is 3.95. The van der Waals surface area contributed by atoms with Crippen molar-refractivity contribution in [1.82, 2.24) is 19.4 Å². The molecule has 4 aromatic heterocycles. The van der Waals surface area contributed by atoms with E-state index in [9.17, 15) is 4.79 Å². The van der Waals surface area contributed by atoms with Crippen molar-refractivity contribution in [1.29, 1.82) is 0 Å². The summed E-state index contributed by atoms with van der Waals surface area (Å²) in [7, 11) is 0. The Hall–Kier alpha value is -3.78. The van der Waals surface area contributed by atoms with Crippen molar-refractivity contribution in [3.63, 3.8) is 0 Å². The largest absolute Gasteiger partial charge is 0.464 e. The highest BCUT2D eigenvalue weighted by atomic mass is 32.1. The van der Waals surface area contributed by atoms with Gasteiger partial charge in [-0.2, -0.15) is 14.9 Å². The summed E-state index contributed by atoms with van der Waals surface area (Å²) in [5.74, 6) is 0.635. The van der Waals surface area contributed by atoms with Crippen LogP contribution in [-0.4, -0.2) is 25.7 Å². The number of benzene rings is 1. The van der Waals surface area contributed by atoms with E-state index in [1.54, 1.807) is 29.4 Å². The molecule has 0 aliphatic carbocycles. The van der Waals surface area contributed by atoms with Crippen LogP contribution in [0, 0.1) is 0 Å². The fourth-order valence-electron chi connectivity index (χ4n) is 2.87. The van der Waals surface area contributed by atoms with Crippen LogP contribution in [-0.2, 0) is 0 Å². The number of hydrogen-bond donors (Lipinski definition) is 0. The molecule has 0 saturated heterocycles. The standard InChI is InChI=1S/C20H13N5O2S/c26-20-18-16(17-7-4-8-27-17)12-28-19(18)21-13-25(20)23-10-14-9-22-24(11-14)15-5-2-1-3-6-15/h1-13H/b23-10-. The maximum atomic E-state index is 12.9. The number of hydrogen-bond acceptors (Lipinski definition) is 6. The second-order valence-corrected chi connectivity index (χ2v) is 6.86. The smallest absolute Gasteiger partial charge is 0.283 e. The molecular formula is C20H13N5O2S. The number of thiophene rings is 1. The normalized spacial score (nSPS) is 11.6. The van der Waals surface area contributed by atoms with Gasteiger partial charge in [0, 0.05) is 22.7 Å². The van der Waals surface area contributed by atoms with E-state index in [0.29, 0.717) is 16.0 Å². The van der Waals surface area contributed by atoms with Gasteiger partial charge in [-0.15, -0.1) is 11.3 Å². The van der Waals surface area contributed by atoms with Gasteiger partial charge in [0.1, 0.15) is 16.9 Å². The van der Waals surface area contributed by atoms with Crippen molar-refractivity contribution in [3.05, 3.63) is 88.7 Å². The van der Waals surface area contributed by atoms with Gasteiger partial charge in [0.15, 0.2) is 0 Å². The molecule has 0 unspecified atom stereocenters. The molecule has 0 fully saturated rings. The first-order valence-electron chi connectivity index (χ1n) is 8.47. The van der Waals surface area contributed by atoms with Crippen LogP contribution in [0.3, 0.4) is 0 Å². The summed E-state index contributed by atoms with van der Waals surface area (Å²) < 4.78 is 8.41. The molecule has 7 nitrogen and oxygen atoms in total. The maximum Gasteiger partial charge on any atom is 0.283 e. The monoisotopic (exact) mass is 387 g/mol. The average molecular weight is 387 g/mol. The Labute approximate surface area is 162 Å². The van der Waals surface area contributed by atoms with Crippen LogP contribution in [0.5, 0.6) is 0 Å². The van der Waals surface area contributed by atoms with Gasteiger partial charge >= 0.3 is 0 Å². The first-order chi connectivity index (χ1) is 13.8. The lowest BCUT2D eigenvalue weighted by Gasteiger charge is -1.99. The van der Waals surface area contributed by atoms with E-state index in [0.717, 1.165) is 16.8 Å². The van der Waals surface area contributed by atoms with Crippen molar-refractivity contribution in [3.8, 4) is 17.0 Å². The van der Waals surface area contributed by atoms with Gasteiger partial charge in [0.25, 0.3) is 5.56 Å². The number of aromatic nitrogens is 4. The lowest BCUT2D eigenvalue weighted by molar-refractivity contribution is 0.583. The van der Waals surface area contributed by atoms with Gasteiger partial charge in [-0.3, -0.25) is 4.79 Å². The summed E-state index contributed by atoms with van der Waals surface area (Å²) in [6, 6.07) is 13.4. The second-order valence-electron chi connectivity index (χ2n) is 6.00. The minimum atomic E-state index is -0.246. The molecule has 28 heavy (non-hydrogen) atoms. The Morgan fingerprint density at radius 2 is 2.04 bits per heavy atom. The molecule has 1 aromatic carbocycles. The van der Waals surface area contributed by atoms with Gasteiger partial charge in [-0.1, -0.05) is 18.2 Å². The van der Waals surface area contributed by atoms with Crippen LogP contribution in [0.4, 0.5) is 0 Å². The molecule has 0 N–H and O–H groups in total. The van der Waals surface area contributed by atoms with Crippen molar-refractivity contribution in [2.45, 2.75) is 0 Å². The molecular weight excluding hydrogens is 374 g/mol. The SMILES string of the molecule is O=c1c2c(-c3ccco3)csc2ncn1/N=C\c1cnn(-c2ccccc2)c1. The third-order valence-electron chi connectivity index (χ3n) is 4.22. The molecule has 0 saturated carbocycles. The van der Waals surface area contributed by atoms with E-state index in [4.69, 9.17) is 4.42 Å². The number of para-hydroxylation sites is 1. The van der Waals surface area contributed by atoms with E-state index in [2.05, 4.69) is 15.2 Å². The average Bonchev–Trinajstić information content (AvgIpc) is 3.48. The molecule has 0 aliphatic rings. The van der Waals surface area contributed by atoms with E-state index in [1.165, 1.54) is 22.3 Å². The van der Waals surface area contributed by atoms with Gasteiger partial charge in [0.2, 0.25) is 0 Å². The first kappa shape index (κ1) is 16.4. The number of fused-ring (bicyclic) bond motifs is 1. The Bertz CT molecular complexity index is 1330. The molecule has 0 bridgehead atoms. The molecule has 4 heterocycles. The number of furan rings is 1. The molecule has 5 rings (SSSR count). The van der Waals surface area contributed by atoms with Crippen molar-refractivity contribution in [2.75, 3.05) is 0 Å². The molecule has 136 valence electrons. The van der Waals surface area contributed by atoms with E-state index in [1.807, 2.05) is 48.0 Å². The van der Waals surface area contributed by atoms with Crippen LogP contribution >= 0.6 is 11.3 Å². The number of rotatable bonds is 4. The summed E-state index contributed by atoms with van der Waals surface area (Å²) in [4.78, 5) is 17.9.